The van der Waals surface area contributed by atoms with Crippen molar-refractivity contribution in [2.45, 2.75) is 0 Å². The van der Waals surface area contributed by atoms with E-state index in [1.807, 2.05) is 18.3 Å². The summed E-state index contributed by atoms with van der Waals surface area (Å²) in [5.41, 5.74) is 1.01. The topological polar surface area (TPSA) is 39.9 Å². The van der Waals surface area contributed by atoms with Crippen LogP contribution in [0.15, 0.2) is 30.7 Å². The first kappa shape index (κ1) is 5.29. The van der Waals surface area contributed by atoms with E-state index in [2.05, 4.69) is 15.2 Å². The van der Waals surface area contributed by atoms with Gasteiger partial charge in [0.05, 0.1) is 11.6 Å². The molecule has 48 valence electrons. The molecule has 3 nitrogen and oxygen atoms in total. The highest BCUT2D eigenvalue weighted by Gasteiger charge is 1.95. The van der Waals surface area contributed by atoms with Crippen molar-refractivity contribution in [3.05, 3.63) is 30.7 Å². The quantitative estimate of drug-likeness (QED) is 0.522. The van der Waals surface area contributed by atoms with Gasteiger partial charge in [-0.2, -0.15) is 10.2 Å². The molecule has 0 saturated carbocycles. The summed E-state index contributed by atoms with van der Waals surface area (Å²) < 4.78 is 0. The molecule has 2 heterocycles. The van der Waals surface area contributed by atoms with E-state index >= 15 is 0 Å². The van der Waals surface area contributed by atoms with Crippen molar-refractivity contribution in [2.24, 2.45) is 0 Å². The van der Waals surface area contributed by atoms with Gasteiger partial charge in [0.25, 0.3) is 0 Å². The van der Waals surface area contributed by atoms with Crippen LogP contribution in [-0.4, -0.2) is 10.2 Å². The van der Waals surface area contributed by atoms with Crippen LogP contribution in [0.25, 0.3) is 10.9 Å². The molecule has 3 heteroatoms. The maximum absolute atomic E-state index is 3.74. The van der Waals surface area contributed by atoms with Gasteiger partial charge in [-0.15, -0.1) is 0 Å². The molecule has 0 saturated heterocycles. The number of nitrogens with zero attached hydrogens (tertiary/aromatic N) is 2. The van der Waals surface area contributed by atoms with E-state index in [0.717, 1.165) is 10.9 Å². The zero-order valence-corrected chi connectivity index (χ0v) is 5.28. The van der Waals surface area contributed by atoms with Crippen molar-refractivity contribution in [3.63, 3.8) is 0 Å². The lowest BCUT2D eigenvalue weighted by Gasteiger charge is -1.84. The third-order valence-corrected chi connectivity index (χ3v) is 1.37. The van der Waals surface area contributed by atoms with Crippen molar-refractivity contribution in [3.8, 4) is 0 Å². The highest BCUT2D eigenvalue weighted by atomic mass is 15.1. The van der Waals surface area contributed by atoms with Crippen molar-refractivity contribution in [1.82, 2.24) is 10.2 Å². The first-order valence-corrected chi connectivity index (χ1v) is 3.04. The van der Waals surface area contributed by atoms with Crippen LogP contribution in [0.4, 0.5) is 0 Å². The Morgan fingerprint density at radius 2 is 2.10 bits per heavy atom. The lowest BCUT2D eigenvalue weighted by atomic mass is 10.3. The minimum atomic E-state index is 1.01. The van der Waals surface area contributed by atoms with Crippen LogP contribution in [0.2, 0.25) is 0 Å². The molecule has 0 spiro atoms. The number of rotatable bonds is 0. The Hall–Kier alpha value is -1.51. The van der Waals surface area contributed by atoms with Crippen LogP contribution in [0.5, 0.6) is 0 Å². The van der Waals surface area contributed by atoms with Gasteiger partial charge in [-0.3, -0.25) is 0 Å². The molecular formula is C7H6N3+. The Kier molecular flexibility index (Phi) is 1.07. The van der Waals surface area contributed by atoms with Gasteiger partial charge in [0.1, 0.15) is 6.20 Å². The number of fused-ring (bicyclic) bond motifs is 1. The van der Waals surface area contributed by atoms with Gasteiger partial charge >= 0.3 is 0 Å². The lowest BCUT2D eigenvalue weighted by molar-refractivity contribution is -0.344. The molecule has 0 aromatic carbocycles. The predicted molar refractivity (Wildman–Crippen MR) is 36.1 cm³/mol. The van der Waals surface area contributed by atoms with E-state index < -0.39 is 0 Å². The summed E-state index contributed by atoms with van der Waals surface area (Å²) in [6.45, 7) is 0. The summed E-state index contributed by atoms with van der Waals surface area (Å²) in [6.07, 6.45) is 5.30. The summed E-state index contributed by atoms with van der Waals surface area (Å²) in [4.78, 5) is 3.05. The van der Waals surface area contributed by atoms with Gasteiger partial charge in [0.15, 0.2) is 6.20 Å². The maximum Gasteiger partial charge on any atom is 0.232 e. The standard InChI is InChI=1S/C7H5N3/c1-2-6-4-9-10-5-7(6)8-3-1/h1-5H/p+1. The van der Waals surface area contributed by atoms with Gasteiger partial charge in [-0.1, -0.05) is 0 Å². The van der Waals surface area contributed by atoms with Crippen LogP contribution in [0.3, 0.4) is 0 Å². The number of pyridine rings is 1. The van der Waals surface area contributed by atoms with Crippen LogP contribution in [0.1, 0.15) is 0 Å². The van der Waals surface area contributed by atoms with E-state index in [-0.39, 0.29) is 0 Å². The van der Waals surface area contributed by atoms with Crippen LogP contribution in [-0.2, 0) is 0 Å². The second-order valence-electron chi connectivity index (χ2n) is 2.03. The molecule has 0 bridgehead atoms. The summed E-state index contributed by atoms with van der Waals surface area (Å²) in [5, 5.41) is 8.56. The van der Waals surface area contributed by atoms with Gasteiger partial charge in [-0.25, -0.2) is 4.98 Å². The predicted octanol–water partition coefficient (Wildman–Crippen LogP) is 0.444. The van der Waals surface area contributed by atoms with E-state index in [0.29, 0.717) is 0 Å². The Labute approximate surface area is 57.7 Å². The second kappa shape index (κ2) is 2.02. The Bertz CT molecular complexity index is 280. The van der Waals surface area contributed by atoms with Crippen LogP contribution in [0, 0.1) is 0 Å². The smallest absolute Gasteiger partial charge is 0.210 e. The fraction of sp³-hybridized carbons (Fsp3) is 0. The summed E-state index contributed by atoms with van der Waals surface area (Å²) in [5.74, 6) is 0. The summed E-state index contributed by atoms with van der Waals surface area (Å²) in [6, 6.07) is 3.92. The highest BCUT2D eigenvalue weighted by molar-refractivity contribution is 5.72. The number of H-pyrrole nitrogens is 1. The van der Waals surface area contributed by atoms with E-state index in [4.69, 9.17) is 0 Å². The van der Waals surface area contributed by atoms with Crippen molar-refractivity contribution in [2.75, 3.05) is 0 Å². The molecule has 0 aliphatic rings. The van der Waals surface area contributed by atoms with Gasteiger partial charge in [0, 0.05) is 6.07 Å². The zero-order valence-electron chi connectivity index (χ0n) is 5.28. The molecule has 0 aliphatic heterocycles. The largest absolute Gasteiger partial charge is 0.232 e. The van der Waals surface area contributed by atoms with Crippen LogP contribution >= 0.6 is 0 Å². The molecule has 0 aliphatic carbocycles. The Morgan fingerprint density at radius 1 is 1.20 bits per heavy atom. The monoisotopic (exact) mass is 132 g/mol. The minimum Gasteiger partial charge on any atom is -0.210 e. The third kappa shape index (κ3) is 0.719. The normalized spacial score (nSPS) is 10.0. The molecular weight excluding hydrogens is 126 g/mol. The third-order valence-electron chi connectivity index (χ3n) is 1.37. The van der Waals surface area contributed by atoms with Crippen LogP contribution < -0.4 is 4.98 Å². The van der Waals surface area contributed by atoms with E-state index in [1.165, 1.54) is 0 Å². The first-order valence-electron chi connectivity index (χ1n) is 3.04. The molecule has 1 N–H and O–H groups in total. The fourth-order valence-electron chi connectivity index (χ4n) is 0.874. The molecule has 0 atom stereocenters. The fourth-order valence-corrected chi connectivity index (χ4v) is 0.874. The molecule has 0 radical (unpaired) electrons. The molecule has 0 amide bonds. The molecule has 0 fully saturated rings. The van der Waals surface area contributed by atoms with E-state index in [1.54, 1.807) is 12.4 Å². The summed E-state index contributed by atoms with van der Waals surface area (Å²) in [7, 11) is 0. The Balaban J connectivity index is 2.89. The SMILES string of the molecule is c1c[nH+]c2cnncc2c1. The van der Waals surface area contributed by atoms with Gasteiger partial charge < -0.3 is 0 Å². The number of hydrogen-bond donors (Lipinski definition) is 0. The highest BCUT2D eigenvalue weighted by Crippen LogP contribution is 2.01. The van der Waals surface area contributed by atoms with E-state index in [9.17, 15) is 0 Å². The average molecular weight is 132 g/mol. The molecule has 0 unspecified atom stereocenters. The average Bonchev–Trinajstić information content (AvgIpc) is 2.05. The first-order chi connectivity index (χ1) is 4.97. The van der Waals surface area contributed by atoms with Crippen molar-refractivity contribution in [1.29, 1.82) is 0 Å². The molecule has 10 heavy (non-hydrogen) atoms. The second-order valence-corrected chi connectivity index (χ2v) is 2.03. The Morgan fingerprint density at radius 3 is 3.00 bits per heavy atom. The lowest BCUT2D eigenvalue weighted by Crippen LogP contribution is -2.01. The van der Waals surface area contributed by atoms with Crippen molar-refractivity contribution >= 4 is 10.9 Å². The zero-order chi connectivity index (χ0) is 6.81. The maximum atomic E-state index is 3.74. The molecule has 2 aromatic heterocycles. The number of nitrogens with one attached hydrogen (secondary N) is 1. The number of hydrogen-bond acceptors (Lipinski definition) is 2. The minimum absolute atomic E-state index is 1.01. The number of aromatic amines is 1. The molecule has 2 rings (SSSR count). The van der Waals surface area contributed by atoms with Crippen molar-refractivity contribution < 1.29 is 4.98 Å². The summed E-state index contributed by atoms with van der Waals surface area (Å²) >= 11 is 0. The van der Waals surface area contributed by atoms with Gasteiger partial charge in [0.2, 0.25) is 5.52 Å². The number of aromatic nitrogens is 3. The molecule has 2 aromatic rings. The van der Waals surface area contributed by atoms with Gasteiger partial charge in [-0.05, 0) is 6.07 Å².